The SMILES string of the molecule is COc1ccc(/C=N/Nc2nc(OCC(F)(F)F)nc(N(c3ccccc3)c3ccccc3)n2)cc1. The Bertz CT molecular complexity index is 1250. The van der Waals surface area contributed by atoms with Crippen LogP contribution >= 0.6 is 0 Å². The van der Waals surface area contributed by atoms with Gasteiger partial charge in [0, 0.05) is 11.4 Å². The molecule has 0 spiro atoms. The summed E-state index contributed by atoms with van der Waals surface area (Å²) in [5.74, 6) is 0.635. The van der Waals surface area contributed by atoms with Gasteiger partial charge in [-0.2, -0.15) is 33.2 Å². The number of benzene rings is 3. The molecule has 0 bridgehead atoms. The molecule has 0 aliphatic heterocycles. The topological polar surface area (TPSA) is 84.8 Å². The van der Waals surface area contributed by atoms with Crippen molar-refractivity contribution in [3.05, 3.63) is 90.5 Å². The highest BCUT2D eigenvalue weighted by Crippen LogP contribution is 2.33. The van der Waals surface area contributed by atoms with E-state index in [9.17, 15) is 13.2 Å². The Labute approximate surface area is 205 Å². The van der Waals surface area contributed by atoms with E-state index in [4.69, 9.17) is 9.47 Å². The molecule has 0 amide bonds. The Morgan fingerprint density at radius 1 is 0.861 bits per heavy atom. The number of halogens is 3. The summed E-state index contributed by atoms with van der Waals surface area (Å²) in [6.07, 6.45) is -3.06. The van der Waals surface area contributed by atoms with Gasteiger partial charge in [-0.3, -0.25) is 4.90 Å². The molecule has 1 aromatic heterocycles. The van der Waals surface area contributed by atoms with Gasteiger partial charge in [-0.25, -0.2) is 5.43 Å². The number of aromatic nitrogens is 3. The number of nitrogens with one attached hydrogen (secondary N) is 1. The zero-order valence-corrected chi connectivity index (χ0v) is 19.1. The molecular formula is C25H21F3N6O2. The number of hydrazone groups is 1. The van der Waals surface area contributed by atoms with E-state index < -0.39 is 18.8 Å². The van der Waals surface area contributed by atoms with Gasteiger partial charge in [-0.15, -0.1) is 0 Å². The highest BCUT2D eigenvalue weighted by atomic mass is 19.4. The summed E-state index contributed by atoms with van der Waals surface area (Å²) >= 11 is 0. The molecule has 0 unspecified atom stereocenters. The molecule has 0 atom stereocenters. The Hall–Kier alpha value is -4.67. The summed E-state index contributed by atoms with van der Waals surface area (Å²) in [5, 5.41) is 4.10. The van der Waals surface area contributed by atoms with E-state index in [2.05, 4.69) is 25.5 Å². The summed E-state index contributed by atoms with van der Waals surface area (Å²) in [5.41, 5.74) is 4.77. The first kappa shape index (κ1) is 24.5. The maximum atomic E-state index is 12.8. The van der Waals surface area contributed by atoms with Gasteiger partial charge in [-0.05, 0) is 54.1 Å². The number of anilines is 4. The summed E-state index contributed by atoms with van der Waals surface area (Å²) < 4.78 is 48.4. The number of methoxy groups -OCH3 is 1. The van der Waals surface area contributed by atoms with Crippen LogP contribution in [0.15, 0.2) is 90.0 Å². The van der Waals surface area contributed by atoms with Crippen molar-refractivity contribution < 1.29 is 22.6 Å². The average molecular weight is 494 g/mol. The first-order valence-corrected chi connectivity index (χ1v) is 10.7. The van der Waals surface area contributed by atoms with Gasteiger partial charge in [0.25, 0.3) is 5.95 Å². The Balaban J connectivity index is 1.69. The molecule has 1 N–H and O–H groups in total. The van der Waals surface area contributed by atoms with Crippen LogP contribution in [0.5, 0.6) is 11.8 Å². The fraction of sp³-hybridized carbons (Fsp3) is 0.120. The minimum absolute atomic E-state index is 0.0433. The lowest BCUT2D eigenvalue weighted by molar-refractivity contribution is -0.154. The van der Waals surface area contributed by atoms with Crippen LogP contribution in [0.3, 0.4) is 0 Å². The third-order valence-electron chi connectivity index (χ3n) is 4.69. The quantitative estimate of drug-likeness (QED) is 0.235. The number of hydrogen-bond donors (Lipinski definition) is 1. The van der Waals surface area contributed by atoms with Crippen molar-refractivity contribution in [3.63, 3.8) is 0 Å². The second-order valence-corrected chi connectivity index (χ2v) is 7.30. The van der Waals surface area contributed by atoms with E-state index in [1.807, 2.05) is 60.7 Å². The molecule has 4 rings (SSSR count). The van der Waals surface area contributed by atoms with E-state index in [-0.39, 0.29) is 11.9 Å². The van der Waals surface area contributed by atoms with Gasteiger partial charge in [0.05, 0.1) is 13.3 Å². The largest absolute Gasteiger partial charge is 0.497 e. The molecule has 184 valence electrons. The highest BCUT2D eigenvalue weighted by molar-refractivity contribution is 5.80. The van der Waals surface area contributed by atoms with E-state index >= 15 is 0 Å². The first-order valence-electron chi connectivity index (χ1n) is 10.7. The van der Waals surface area contributed by atoms with Gasteiger partial charge in [0.15, 0.2) is 6.61 Å². The van der Waals surface area contributed by atoms with Gasteiger partial charge >= 0.3 is 12.2 Å². The van der Waals surface area contributed by atoms with Gasteiger partial charge in [0.1, 0.15) is 5.75 Å². The molecule has 11 heteroatoms. The van der Waals surface area contributed by atoms with E-state index in [1.54, 1.807) is 36.3 Å². The number of hydrogen-bond acceptors (Lipinski definition) is 8. The number of alkyl halides is 3. The number of para-hydroxylation sites is 2. The minimum Gasteiger partial charge on any atom is -0.497 e. The predicted octanol–water partition coefficient (Wildman–Crippen LogP) is 5.74. The zero-order valence-electron chi connectivity index (χ0n) is 19.1. The first-order chi connectivity index (χ1) is 17.4. The van der Waals surface area contributed by atoms with E-state index in [0.29, 0.717) is 17.1 Å². The second kappa shape index (κ2) is 11.2. The Kier molecular flexibility index (Phi) is 7.59. The van der Waals surface area contributed by atoms with E-state index in [1.165, 1.54) is 6.21 Å². The van der Waals surface area contributed by atoms with Crippen molar-refractivity contribution in [2.24, 2.45) is 5.10 Å². The average Bonchev–Trinajstić information content (AvgIpc) is 2.89. The Morgan fingerprint density at radius 3 is 2.03 bits per heavy atom. The summed E-state index contributed by atoms with van der Waals surface area (Å²) in [7, 11) is 1.57. The third kappa shape index (κ3) is 6.69. The van der Waals surface area contributed by atoms with E-state index in [0.717, 1.165) is 5.56 Å². The van der Waals surface area contributed by atoms with Crippen LogP contribution in [0.25, 0.3) is 0 Å². The Morgan fingerprint density at radius 2 is 1.47 bits per heavy atom. The smallest absolute Gasteiger partial charge is 0.422 e. The fourth-order valence-corrected chi connectivity index (χ4v) is 3.10. The van der Waals surface area contributed by atoms with Gasteiger partial charge in [0.2, 0.25) is 5.95 Å². The van der Waals surface area contributed by atoms with Crippen LogP contribution < -0.4 is 19.8 Å². The molecule has 8 nitrogen and oxygen atoms in total. The van der Waals surface area contributed by atoms with Gasteiger partial charge in [-0.1, -0.05) is 36.4 Å². The molecule has 1 heterocycles. The van der Waals surface area contributed by atoms with Crippen LogP contribution in [0.2, 0.25) is 0 Å². The molecule has 36 heavy (non-hydrogen) atoms. The van der Waals surface area contributed by atoms with Crippen molar-refractivity contribution in [1.82, 2.24) is 15.0 Å². The molecule has 0 radical (unpaired) electrons. The van der Waals surface area contributed by atoms with Crippen LogP contribution in [-0.4, -0.2) is 41.1 Å². The normalized spacial score (nSPS) is 11.3. The van der Waals surface area contributed by atoms with Gasteiger partial charge < -0.3 is 9.47 Å². The minimum atomic E-state index is -4.56. The monoisotopic (exact) mass is 494 g/mol. The number of ether oxygens (including phenoxy) is 2. The van der Waals surface area contributed by atoms with Crippen molar-refractivity contribution in [3.8, 4) is 11.8 Å². The second-order valence-electron chi connectivity index (χ2n) is 7.30. The fourth-order valence-electron chi connectivity index (χ4n) is 3.10. The molecule has 0 fully saturated rings. The molecular weight excluding hydrogens is 473 g/mol. The molecule has 4 aromatic rings. The number of nitrogens with zero attached hydrogens (tertiary/aromatic N) is 5. The molecule has 0 aliphatic rings. The van der Waals surface area contributed by atoms with Crippen LogP contribution in [0, 0.1) is 0 Å². The lowest BCUT2D eigenvalue weighted by Gasteiger charge is -2.23. The lowest BCUT2D eigenvalue weighted by Crippen LogP contribution is -2.21. The van der Waals surface area contributed by atoms with Crippen molar-refractivity contribution in [2.75, 3.05) is 24.0 Å². The third-order valence-corrected chi connectivity index (χ3v) is 4.69. The molecule has 3 aromatic carbocycles. The highest BCUT2D eigenvalue weighted by Gasteiger charge is 2.29. The molecule has 0 aliphatic carbocycles. The van der Waals surface area contributed by atoms with Crippen LogP contribution in [0.4, 0.5) is 36.4 Å². The maximum Gasteiger partial charge on any atom is 0.422 e. The lowest BCUT2D eigenvalue weighted by atomic mass is 10.2. The van der Waals surface area contributed by atoms with Crippen molar-refractivity contribution in [1.29, 1.82) is 0 Å². The summed E-state index contributed by atoms with van der Waals surface area (Å²) in [6, 6.07) is 24.9. The maximum absolute atomic E-state index is 12.8. The predicted molar refractivity (Wildman–Crippen MR) is 130 cm³/mol. The summed E-state index contributed by atoms with van der Waals surface area (Å²) in [4.78, 5) is 14.2. The van der Waals surface area contributed by atoms with Crippen LogP contribution in [-0.2, 0) is 0 Å². The van der Waals surface area contributed by atoms with Crippen LogP contribution in [0.1, 0.15) is 5.56 Å². The number of rotatable bonds is 9. The van der Waals surface area contributed by atoms with Crippen molar-refractivity contribution in [2.45, 2.75) is 6.18 Å². The zero-order chi connectivity index (χ0) is 25.4. The molecule has 0 saturated heterocycles. The van der Waals surface area contributed by atoms with Crippen molar-refractivity contribution >= 4 is 29.5 Å². The summed E-state index contributed by atoms with van der Waals surface area (Å²) in [6.45, 7) is -1.55. The molecule has 0 saturated carbocycles. The standard InChI is InChI=1S/C25H21F3N6O2/c1-35-21-14-12-18(13-15-21)16-29-33-22-30-23(32-24(31-22)36-17-25(26,27)28)34(19-8-4-2-5-9-19)20-10-6-3-7-11-20/h2-16H,17H2,1H3,(H,30,31,32,33)/b29-16+.